The van der Waals surface area contributed by atoms with Crippen molar-refractivity contribution < 1.29 is 14.0 Å². The van der Waals surface area contributed by atoms with E-state index in [0.717, 1.165) is 6.42 Å². The first-order valence-electron chi connectivity index (χ1n) is 8.07. The van der Waals surface area contributed by atoms with Crippen molar-refractivity contribution in [2.24, 2.45) is 11.1 Å². The molecule has 0 radical (unpaired) electrons. The van der Waals surface area contributed by atoms with Crippen molar-refractivity contribution in [3.63, 3.8) is 0 Å². The minimum Gasteiger partial charge on any atom is -0.408 e. The zero-order valence-corrected chi connectivity index (χ0v) is 13.7. The van der Waals surface area contributed by atoms with Crippen LogP contribution in [0.15, 0.2) is 33.5 Å². The minimum absolute atomic E-state index is 0.0839. The van der Waals surface area contributed by atoms with Crippen molar-refractivity contribution in [1.82, 2.24) is 9.47 Å². The number of para-hydroxylation sites is 2. The van der Waals surface area contributed by atoms with Crippen molar-refractivity contribution >= 4 is 22.9 Å². The van der Waals surface area contributed by atoms with Crippen LogP contribution in [0.2, 0.25) is 0 Å². The summed E-state index contributed by atoms with van der Waals surface area (Å²) in [7, 11) is 0. The van der Waals surface area contributed by atoms with Gasteiger partial charge >= 0.3 is 5.76 Å². The molecule has 2 aromatic rings. The summed E-state index contributed by atoms with van der Waals surface area (Å²) in [4.78, 5) is 37.7. The second-order valence-electron chi connectivity index (χ2n) is 6.58. The lowest BCUT2D eigenvalue weighted by atomic mass is 9.81. The van der Waals surface area contributed by atoms with Gasteiger partial charge in [0.15, 0.2) is 5.58 Å². The predicted molar refractivity (Wildman–Crippen MR) is 88.2 cm³/mol. The van der Waals surface area contributed by atoms with E-state index >= 15 is 0 Å². The average molecular weight is 331 g/mol. The summed E-state index contributed by atoms with van der Waals surface area (Å²) in [5, 5.41) is 0. The molecule has 1 aromatic heterocycles. The van der Waals surface area contributed by atoms with Crippen LogP contribution in [0, 0.1) is 5.41 Å². The molecule has 1 atom stereocenters. The van der Waals surface area contributed by atoms with Crippen molar-refractivity contribution in [3.8, 4) is 0 Å². The van der Waals surface area contributed by atoms with Crippen molar-refractivity contribution in [2.75, 3.05) is 13.1 Å². The second kappa shape index (κ2) is 6.14. The van der Waals surface area contributed by atoms with E-state index in [-0.39, 0.29) is 24.8 Å². The number of benzene rings is 1. The third kappa shape index (κ3) is 2.93. The number of aromatic nitrogens is 1. The Morgan fingerprint density at radius 3 is 2.83 bits per heavy atom. The molecular formula is C17H21N3O4. The molecule has 7 nitrogen and oxygen atoms in total. The highest BCUT2D eigenvalue weighted by atomic mass is 16.4. The summed E-state index contributed by atoms with van der Waals surface area (Å²) >= 11 is 0. The largest absolute Gasteiger partial charge is 0.419 e. The normalized spacial score (nSPS) is 21.1. The highest BCUT2D eigenvalue weighted by molar-refractivity contribution is 5.83. The number of oxazole rings is 1. The molecule has 1 unspecified atom stereocenters. The number of hydrogen-bond acceptors (Lipinski definition) is 4. The molecule has 24 heavy (non-hydrogen) atoms. The lowest BCUT2D eigenvalue weighted by Crippen LogP contribution is -2.50. The van der Waals surface area contributed by atoms with E-state index < -0.39 is 11.2 Å². The van der Waals surface area contributed by atoms with Gasteiger partial charge in [0.25, 0.3) is 0 Å². The predicted octanol–water partition coefficient (Wildman–Crippen LogP) is 1.10. The second-order valence-corrected chi connectivity index (χ2v) is 6.58. The number of carbonyl (C=O) groups is 2. The molecule has 2 N–H and O–H groups in total. The maximum absolute atomic E-state index is 12.5. The standard InChI is InChI=1S/C17H21N3O4/c1-17(15(18)22)8-4-9-19(11-17)14(21)7-10-20-12-5-2-3-6-13(12)24-16(20)23/h2-3,5-6H,4,7-11H2,1H3,(H2,18,22). The number of fused-ring (bicyclic) bond motifs is 1. The van der Waals surface area contributed by atoms with E-state index in [1.165, 1.54) is 4.57 Å². The monoisotopic (exact) mass is 331 g/mol. The topological polar surface area (TPSA) is 98.5 Å². The molecule has 0 spiro atoms. The van der Waals surface area contributed by atoms with Gasteiger partial charge in [-0.3, -0.25) is 14.2 Å². The number of aryl methyl sites for hydroxylation is 1. The molecule has 0 bridgehead atoms. The van der Waals surface area contributed by atoms with E-state index in [4.69, 9.17) is 10.2 Å². The van der Waals surface area contributed by atoms with Crippen LogP contribution < -0.4 is 11.5 Å². The van der Waals surface area contributed by atoms with Crippen LogP contribution in [-0.2, 0) is 16.1 Å². The molecule has 128 valence electrons. The van der Waals surface area contributed by atoms with Crippen LogP contribution in [0.3, 0.4) is 0 Å². The third-order valence-corrected chi connectivity index (χ3v) is 4.77. The Morgan fingerprint density at radius 2 is 2.08 bits per heavy atom. The molecule has 2 amide bonds. The lowest BCUT2D eigenvalue weighted by Gasteiger charge is -2.38. The number of nitrogens with two attached hydrogens (primary N) is 1. The number of rotatable bonds is 4. The first-order chi connectivity index (χ1) is 11.4. The summed E-state index contributed by atoms with van der Waals surface area (Å²) < 4.78 is 6.63. The van der Waals surface area contributed by atoms with Gasteiger partial charge in [-0.25, -0.2) is 4.79 Å². The van der Waals surface area contributed by atoms with Crippen molar-refractivity contribution in [3.05, 3.63) is 34.8 Å². The molecule has 0 saturated carbocycles. The highest BCUT2D eigenvalue weighted by Gasteiger charge is 2.37. The highest BCUT2D eigenvalue weighted by Crippen LogP contribution is 2.29. The third-order valence-electron chi connectivity index (χ3n) is 4.77. The Kier molecular flexibility index (Phi) is 4.17. The van der Waals surface area contributed by atoms with Gasteiger partial charge in [0, 0.05) is 26.1 Å². The zero-order valence-electron chi connectivity index (χ0n) is 13.7. The molecule has 1 saturated heterocycles. The van der Waals surface area contributed by atoms with Gasteiger partial charge in [-0.2, -0.15) is 0 Å². The maximum atomic E-state index is 12.5. The van der Waals surface area contributed by atoms with Gasteiger partial charge < -0.3 is 15.1 Å². The molecule has 3 rings (SSSR count). The van der Waals surface area contributed by atoms with Crippen LogP contribution in [0.25, 0.3) is 11.1 Å². The molecule has 1 aliphatic heterocycles. The summed E-state index contributed by atoms with van der Waals surface area (Å²) in [6.07, 6.45) is 1.62. The molecule has 7 heteroatoms. The van der Waals surface area contributed by atoms with E-state index in [9.17, 15) is 14.4 Å². The van der Waals surface area contributed by atoms with Crippen LogP contribution >= 0.6 is 0 Å². The fourth-order valence-corrected chi connectivity index (χ4v) is 3.24. The van der Waals surface area contributed by atoms with E-state index in [1.807, 2.05) is 6.07 Å². The Labute approximate surface area is 139 Å². The molecular weight excluding hydrogens is 310 g/mol. The SMILES string of the molecule is CC1(C(N)=O)CCCN(C(=O)CCn2c(=O)oc3ccccc32)C1. The smallest absolute Gasteiger partial charge is 0.408 e. The van der Waals surface area contributed by atoms with Gasteiger partial charge in [-0.15, -0.1) is 0 Å². The fourth-order valence-electron chi connectivity index (χ4n) is 3.24. The van der Waals surface area contributed by atoms with Gasteiger partial charge in [-0.05, 0) is 31.9 Å². The van der Waals surface area contributed by atoms with Gasteiger partial charge in [0.2, 0.25) is 11.8 Å². The Hall–Kier alpha value is -2.57. The number of likely N-dealkylation sites (tertiary alicyclic amines) is 1. The maximum Gasteiger partial charge on any atom is 0.419 e. The van der Waals surface area contributed by atoms with Gasteiger partial charge in [0.1, 0.15) is 0 Å². The van der Waals surface area contributed by atoms with Crippen LogP contribution in [0.4, 0.5) is 0 Å². The quantitative estimate of drug-likeness (QED) is 0.907. The molecule has 2 heterocycles. The summed E-state index contributed by atoms with van der Waals surface area (Å²) in [6.45, 7) is 2.99. The number of hydrogen-bond donors (Lipinski definition) is 1. The Morgan fingerprint density at radius 1 is 1.33 bits per heavy atom. The number of piperidine rings is 1. The zero-order chi connectivity index (χ0) is 17.3. The minimum atomic E-state index is -0.674. The van der Waals surface area contributed by atoms with Crippen LogP contribution in [0.1, 0.15) is 26.2 Å². The van der Waals surface area contributed by atoms with E-state index in [1.54, 1.807) is 30.0 Å². The number of amides is 2. The molecule has 1 fully saturated rings. The average Bonchev–Trinajstić information content (AvgIpc) is 2.88. The number of primary amides is 1. The lowest BCUT2D eigenvalue weighted by molar-refractivity contribution is -0.139. The van der Waals surface area contributed by atoms with Crippen molar-refractivity contribution in [1.29, 1.82) is 0 Å². The summed E-state index contributed by atoms with van der Waals surface area (Å²) in [5.41, 5.74) is 5.97. The molecule has 1 aromatic carbocycles. The van der Waals surface area contributed by atoms with Crippen molar-refractivity contribution in [2.45, 2.75) is 32.7 Å². The first-order valence-corrected chi connectivity index (χ1v) is 8.07. The number of nitrogens with zero attached hydrogens (tertiary/aromatic N) is 2. The van der Waals surface area contributed by atoms with Gasteiger partial charge in [0.05, 0.1) is 10.9 Å². The van der Waals surface area contributed by atoms with Crippen LogP contribution in [-0.4, -0.2) is 34.4 Å². The molecule has 0 aliphatic carbocycles. The van der Waals surface area contributed by atoms with Gasteiger partial charge in [-0.1, -0.05) is 12.1 Å². The molecule has 1 aliphatic rings. The van der Waals surface area contributed by atoms with E-state index in [0.29, 0.717) is 30.6 Å². The fraction of sp³-hybridized carbons (Fsp3) is 0.471. The van der Waals surface area contributed by atoms with Crippen LogP contribution in [0.5, 0.6) is 0 Å². The summed E-state index contributed by atoms with van der Waals surface area (Å²) in [5.74, 6) is -0.930. The number of carbonyl (C=O) groups excluding carboxylic acids is 2. The Bertz CT molecular complexity index is 838. The first kappa shape index (κ1) is 16.3. The summed E-state index contributed by atoms with van der Waals surface area (Å²) in [6, 6.07) is 7.12. The van der Waals surface area contributed by atoms with E-state index in [2.05, 4.69) is 0 Å². The Balaban J connectivity index is 1.70.